The summed E-state index contributed by atoms with van der Waals surface area (Å²) in [6.45, 7) is 2.40. The largest absolute Gasteiger partial charge is 0.379 e. The Morgan fingerprint density at radius 3 is 2.53 bits per heavy atom. The number of benzene rings is 2. The van der Waals surface area contributed by atoms with E-state index in [1.165, 1.54) is 34.2 Å². The van der Waals surface area contributed by atoms with Crippen molar-refractivity contribution in [1.29, 1.82) is 0 Å². The van der Waals surface area contributed by atoms with Crippen molar-refractivity contribution in [2.75, 3.05) is 5.32 Å². The highest BCUT2D eigenvalue weighted by molar-refractivity contribution is 7.97. The monoisotopic (exact) mass is 446 g/mol. The van der Waals surface area contributed by atoms with E-state index in [1.54, 1.807) is 6.92 Å². The molecule has 1 atom stereocenters. The molecule has 2 heterocycles. The zero-order valence-electron chi connectivity index (χ0n) is 18.1. The van der Waals surface area contributed by atoms with E-state index in [4.69, 9.17) is 0 Å². The van der Waals surface area contributed by atoms with E-state index in [-0.39, 0.29) is 6.03 Å². The third-order valence-electron chi connectivity index (χ3n) is 7.08. The minimum atomic E-state index is -1.12. The molecule has 1 aromatic heterocycles. The average Bonchev–Trinajstić information content (AvgIpc) is 3.51. The Balaban J connectivity index is 1.20. The van der Waals surface area contributed by atoms with E-state index in [1.807, 2.05) is 35.0 Å². The van der Waals surface area contributed by atoms with Gasteiger partial charge >= 0.3 is 6.03 Å². The molecule has 3 aliphatic rings. The molecule has 0 spiro atoms. The van der Waals surface area contributed by atoms with Crippen molar-refractivity contribution in [3.8, 4) is 0 Å². The molecule has 2 amide bonds. The van der Waals surface area contributed by atoms with Crippen molar-refractivity contribution >= 4 is 23.7 Å². The van der Waals surface area contributed by atoms with Crippen LogP contribution in [0.5, 0.6) is 0 Å². The lowest BCUT2D eigenvalue weighted by atomic mass is 9.86. The van der Waals surface area contributed by atoms with Crippen molar-refractivity contribution in [2.24, 2.45) is 0 Å². The van der Waals surface area contributed by atoms with Gasteiger partial charge in [0.05, 0.1) is 12.2 Å². The molecule has 0 fully saturated rings. The van der Waals surface area contributed by atoms with Crippen molar-refractivity contribution in [3.63, 3.8) is 0 Å². The summed E-state index contributed by atoms with van der Waals surface area (Å²) in [5.74, 6) is 0. The van der Waals surface area contributed by atoms with E-state index in [0.717, 1.165) is 61.0 Å². The van der Waals surface area contributed by atoms with E-state index < -0.39 is 5.60 Å². The summed E-state index contributed by atoms with van der Waals surface area (Å²) in [5.41, 5.74) is 8.05. The molecule has 0 radical (unpaired) electrons. The van der Waals surface area contributed by atoms with Gasteiger partial charge in [-0.15, -0.1) is 0 Å². The minimum Gasteiger partial charge on any atom is -0.379 e. The van der Waals surface area contributed by atoms with Gasteiger partial charge in [0.1, 0.15) is 10.6 Å². The molecule has 2 aromatic carbocycles. The highest BCUT2D eigenvalue weighted by Gasteiger charge is 2.36. The number of hydrogen-bond donors (Lipinski definition) is 3. The fraction of sp³-hybridized carbons (Fsp3) is 0.360. The predicted octanol–water partition coefficient (Wildman–Crippen LogP) is 4.31. The number of rotatable bonds is 3. The standard InChI is InChI=1S/C25H26N4O2S/c1-25(31)20-11-3-2-6-17(20)14-29-21(25)13-22(27-29)32-28-24(30)26-23-18-9-4-7-15(18)12-16-8-5-10-19(16)23/h2-3,6,11-13,31H,4-5,7-10,14H2,1H3,(H2,26,28,30). The Kier molecular flexibility index (Phi) is 4.59. The average molecular weight is 447 g/mol. The van der Waals surface area contributed by atoms with Crippen LogP contribution in [0, 0.1) is 0 Å². The summed E-state index contributed by atoms with van der Waals surface area (Å²) < 4.78 is 4.72. The second-order valence-corrected chi connectivity index (χ2v) is 9.97. The number of fused-ring (bicyclic) bond motifs is 4. The van der Waals surface area contributed by atoms with Gasteiger partial charge in [-0.3, -0.25) is 9.40 Å². The van der Waals surface area contributed by atoms with Gasteiger partial charge in [-0.05, 0) is 84.9 Å². The molecule has 0 bridgehead atoms. The zero-order chi connectivity index (χ0) is 21.9. The number of nitrogens with one attached hydrogen (secondary N) is 2. The van der Waals surface area contributed by atoms with Gasteiger partial charge < -0.3 is 10.4 Å². The molecule has 164 valence electrons. The van der Waals surface area contributed by atoms with E-state index in [0.29, 0.717) is 11.6 Å². The normalized spacial score (nSPS) is 20.3. The van der Waals surface area contributed by atoms with Crippen LogP contribution in [-0.4, -0.2) is 20.9 Å². The predicted molar refractivity (Wildman–Crippen MR) is 125 cm³/mol. The number of carbonyl (C=O) groups excluding carboxylic acids is 1. The third-order valence-corrected chi connectivity index (χ3v) is 7.77. The van der Waals surface area contributed by atoms with Crippen LogP contribution < -0.4 is 10.0 Å². The Hall–Kier alpha value is -2.77. The number of nitrogens with zero attached hydrogens (tertiary/aromatic N) is 2. The lowest BCUT2D eigenvalue weighted by Crippen LogP contribution is -2.33. The van der Waals surface area contributed by atoms with Crippen LogP contribution in [0.25, 0.3) is 0 Å². The van der Waals surface area contributed by atoms with Crippen molar-refractivity contribution in [1.82, 2.24) is 14.5 Å². The quantitative estimate of drug-likeness (QED) is 0.524. The van der Waals surface area contributed by atoms with Crippen LogP contribution >= 0.6 is 11.9 Å². The molecule has 3 N–H and O–H groups in total. The second-order valence-electron chi connectivity index (χ2n) is 9.15. The fourth-order valence-corrected chi connectivity index (χ4v) is 6.15. The summed E-state index contributed by atoms with van der Waals surface area (Å²) in [7, 11) is 0. The lowest BCUT2D eigenvalue weighted by Gasteiger charge is -2.31. The van der Waals surface area contributed by atoms with Crippen molar-refractivity contribution in [3.05, 3.63) is 75.5 Å². The summed E-state index contributed by atoms with van der Waals surface area (Å²) in [4.78, 5) is 12.8. The molecule has 6 rings (SSSR count). The first kappa shape index (κ1) is 19.9. The summed E-state index contributed by atoms with van der Waals surface area (Å²) >= 11 is 1.18. The van der Waals surface area contributed by atoms with Gasteiger partial charge in [-0.2, -0.15) is 5.10 Å². The highest BCUT2D eigenvalue weighted by atomic mass is 32.2. The number of amides is 2. The molecule has 7 heteroatoms. The van der Waals surface area contributed by atoms with E-state index >= 15 is 0 Å². The molecule has 1 aliphatic heterocycles. The van der Waals surface area contributed by atoms with Crippen LogP contribution in [0.1, 0.15) is 58.8 Å². The molecule has 0 saturated heterocycles. The van der Waals surface area contributed by atoms with Crippen molar-refractivity contribution in [2.45, 2.75) is 62.6 Å². The number of hydrogen-bond acceptors (Lipinski definition) is 4. The van der Waals surface area contributed by atoms with Gasteiger partial charge in [-0.1, -0.05) is 30.3 Å². The number of anilines is 1. The van der Waals surface area contributed by atoms with Gasteiger partial charge in [-0.25, -0.2) is 4.79 Å². The minimum absolute atomic E-state index is 0.231. The number of urea groups is 1. The third kappa shape index (κ3) is 3.14. The fourth-order valence-electron chi connectivity index (χ4n) is 5.59. The number of aromatic nitrogens is 2. The number of aryl methyl sites for hydroxylation is 2. The first-order chi connectivity index (χ1) is 15.5. The Labute approximate surface area is 191 Å². The van der Waals surface area contributed by atoms with Gasteiger partial charge in [0, 0.05) is 17.6 Å². The molecule has 3 aromatic rings. The second kappa shape index (κ2) is 7.39. The van der Waals surface area contributed by atoms with E-state index in [9.17, 15) is 9.90 Å². The van der Waals surface area contributed by atoms with Crippen LogP contribution in [0.3, 0.4) is 0 Å². The van der Waals surface area contributed by atoms with E-state index in [2.05, 4.69) is 21.2 Å². The summed E-state index contributed by atoms with van der Waals surface area (Å²) in [6, 6.07) is 11.9. The summed E-state index contributed by atoms with van der Waals surface area (Å²) in [6.07, 6.45) is 6.60. The van der Waals surface area contributed by atoms with Crippen LogP contribution in [0.2, 0.25) is 0 Å². The lowest BCUT2D eigenvalue weighted by molar-refractivity contribution is 0.0854. The molecule has 1 unspecified atom stereocenters. The maximum atomic E-state index is 12.8. The molecule has 6 nitrogen and oxygen atoms in total. The van der Waals surface area contributed by atoms with Crippen LogP contribution in [0.15, 0.2) is 41.4 Å². The maximum Gasteiger partial charge on any atom is 0.329 e. The maximum absolute atomic E-state index is 12.8. The van der Waals surface area contributed by atoms with Gasteiger partial charge in [0.15, 0.2) is 0 Å². The Morgan fingerprint density at radius 2 is 1.78 bits per heavy atom. The van der Waals surface area contributed by atoms with Crippen LogP contribution in [-0.2, 0) is 37.8 Å². The zero-order valence-corrected chi connectivity index (χ0v) is 18.9. The molecule has 2 aliphatic carbocycles. The van der Waals surface area contributed by atoms with Gasteiger partial charge in [0.2, 0.25) is 0 Å². The Morgan fingerprint density at radius 1 is 1.06 bits per heavy atom. The highest BCUT2D eigenvalue weighted by Crippen LogP contribution is 2.39. The molecule has 0 saturated carbocycles. The smallest absolute Gasteiger partial charge is 0.329 e. The topological polar surface area (TPSA) is 79.2 Å². The first-order valence-corrected chi connectivity index (χ1v) is 12.1. The van der Waals surface area contributed by atoms with Crippen molar-refractivity contribution < 1.29 is 9.90 Å². The molecular formula is C25H26N4O2S. The Bertz CT molecular complexity index is 1210. The SMILES string of the molecule is CC1(O)c2ccccc2Cn2nc(SNC(=O)Nc3c4c(cc5c3CCC5)CCC4)cc21. The van der Waals surface area contributed by atoms with Gasteiger partial charge in [0.25, 0.3) is 0 Å². The summed E-state index contributed by atoms with van der Waals surface area (Å²) in [5, 5.41) is 19.6. The van der Waals surface area contributed by atoms with Crippen LogP contribution in [0.4, 0.5) is 10.5 Å². The number of aliphatic hydroxyl groups is 1. The first-order valence-electron chi connectivity index (χ1n) is 11.3. The molecular weight excluding hydrogens is 420 g/mol. The molecule has 32 heavy (non-hydrogen) atoms. The number of carbonyl (C=O) groups is 1.